The molecule has 0 saturated carbocycles. The van der Waals surface area contributed by atoms with Crippen LogP contribution in [0.2, 0.25) is 5.02 Å². The molecular formula is C21H19ClN2O2. The molecule has 0 aliphatic rings. The molecule has 1 heterocycles. The number of benzene rings is 2. The van der Waals surface area contributed by atoms with Gasteiger partial charge in [0.2, 0.25) is 0 Å². The molecule has 0 radical (unpaired) electrons. The molecule has 0 atom stereocenters. The standard InChI is InChI=1S/C21H19ClN2O2/c1-26-20-10-9-17(22)14-18(20)21(25)24-13-11-15-5-7-16(8-6-15)19-4-2-3-12-23-19/h2-10,12,14H,11,13H2,1H3,(H,24,25). The first kappa shape index (κ1) is 18.0. The fourth-order valence-corrected chi connectivity index (χ4v) is 2.82. The van der Waals surface area contributed by atoms with E-state index in [1.54, 1.807) is 24.4 Å². The molecule has 0 unspecified atom stereocenters. The van der Waals surface area contributed by atoms with Gasteiger partial charge in [0.15, 0.2) is 0 Å². The highest BCUT2D eigenvalue weighted by atomic mass is 35.5. The van der Waals surface area contributed by atoms with E-state index in [0.29, 0.717) is 22.9 Å². The number of rotatable bonds is 6. The molecule has 0 aliphatic carbocycles. The number of pyridine rings is 1. The van der Waals surface area contributed by atoms with E-state index in [1.165, 1.54) is 7.11 Å². The van der Waals surface area contributed by atoms with E-state index in [9.17, 15) is 4.79 Å². The van der Waals surface area contributed by atoms with Gasteiger partial charge in [-0.25, -0.2) is 0 Å². The van der Waals surface area contributed by atoms with Gasteiger partial charge in [0, 0.05) is 23.3 Å². The van der Waals surface area contributed by atoms with Crippen LogP contribution >= 0.6 is 11.6 Å². The topological polar surface area (TPSA) is 51.2 Å². The Morgan fingerprint density at radius 1 is 1.12 bits per heavy atom. The summed E-state index contributed by atoms with van der Waals surface area (Å²) in [4.78, 5) is 16.7. The molecule has 0 aliphatic heterocycles. The van der Waals surface area contributed by atoms with E-state index in [-0.39, 0.29) is 5.91 Å². The van der Waals surface area contributed by atoms with Crippen molar-refractivity contribution in [3.05, 3.63) is 83.0 Å². The van der Waals surface area contributed by atoms with Gasteiger partial charge < -0.3 is 10.1 Å². The molecule has 5 heteroatoms. The van der Waals surface area contributed by atoms with Crippen molar-refractivity contribution >= 4 is 17.5 Å². The number of carbonyl (C=O) groups excluding carboxylic acids is 1. The van der Waals surface area contributed by atoms with Crippen molar-refractivity contribution in [3.8, 4) is 17.0 Å². The number of nitrogens with one attached hydrogen (secondary N) is 1. The lowest BCUT2D eigenvalue weighted by molar-refractivity contribution is 0.0951. The molecule has 0 bridgehead atoms. The summed E-state index contributed by atoms with van der Waals surface area (Å²) in [5.74, 6) is 0.307. The van der Waals surface area contributed by atoms with E-state index < -0.39 is 0 Å². The minimum Gasteiger partial charge on any atom is -0.496 e. The number of hydrogen-bond acceptors (Lipinski definition) is 3. The Morgan fingerprint density at radius 2 is 1.92 bits per heavy atom. The second kappa shape index (κ2) is 8.50. The van der Waals surface area contributed by atoms with Crippen LogP contribution in [0.3, 0.4) is 0 Å². The summed E-state index contributed by atoms with van der Waals surface area (Å²) >= 11 is 5.97. The lowest BCUT2D eigenvalue weighted by atomic mass is 10.1. The third kappa shape index (κ3) is 4.41. The van der Waals surface area contributed by atoms with E-state index in [0.717, 1.165) is 23.2 Å². The van der Waals surface area contributed by atoms with Gasteiger partial charge in [-0.05, 0) is 42.3 Å². The molecular weight excluding hydrogens is 348 g/mol. The average molecular weight is 367 g/mol. The Bertz CT molecular complexity index is 880. The van der Waals surface area contributed by atoms with Gasteiger partial charge in [-0.1, -0.05) is 41.9 Å². The van der Waals surface area contributed by atoms with Crippen LogP contribution < -0.4 is 10.1 Å². The van der Waals surface area contributed by atoms with Gasteiger partial charge in [0.25, 0.3) is 5.91 Å². The van der Waals surface area contributed by atoms with Crippen molar-refractivity contribution in [2.45, 2.75) is 6.42 Å². The minimum absolute atomic E-state index is 0.200. The molecule has 0 saturated heterocycles. The second-order valence-corrected chi connectivity index (χ2v) is 6.20. The third-order valence-corrected chi connectivity index (χ3v) is 4.26. The predicted molar refractivity (Wildman–Crippen MR) is 104 cm³/mol. The van der Waals surface area contributed by atoms with Gasteiger partial charge in [-0.2, -0.15) is 0 Å². The van der Waals surface area contributed by atoms with Crippen LogP contribution in [0.15, 0.2) is 66.9 Å². The van der Waals surface area contributed by atoms with Crippen molar-refractivity contribution in [3.63, 3.8) is 0 Å². The lowest BCUT2D eigenvalue weighted by Crippen LogP contribution is -2.26. The highest BCUT2D eigenvalue weighted by Gasteiger charge is 2.12. The van der Waals surface area contributed by atoms with E-state index in [4.69, 9.17) is 16.3 Å². The minimum atomic E-state index is -0.200. The molecule has 0 fully saturated rings. The zero-order valence-corrected chi connectivity index (χ0v) is 15.2. The Kier molecular flexibility index (Phi) is 5.87. The summed E-state index contributed by atoms with van der Waals surface area (Å²) in [6.07, 6.45) is 2.51. The van der Waals surface area contributed by atoms with Crippen molar-refractivity contribution in [2.24, 2.45) is 0 Å². The Morgan fingerprint density at radius 3 is 2.62 bits per heavy atom. The maximum absolute atomic E-state index is 12.3. The fraction of sp³-hybridized carbons (Fsp3) is 0.143. The molecule has 1 aromatic heterocycles. The Hall–Kier alpha value is -2.85. The number of aromatic nitrogens is 1. The summed E-state index contributed by atoms with van der Waals surface area (Å²) < 4.78 is 5.22. The molecule has 3 aromatic rings. The van der Waals surface area contributed by atoms with E-state index >= 15 is 0 Å². The van der Waals surface area contributed by atoms with Crippen molar-refractivity contribution in [1.82, 2.24) is 10.3 Å². The van der Waals surface area contributed by atoms with Crippen molar-refractivity contribution in [1.29, 1.82) is 0 Å². The Labute approximate surface area is 157 Å². The first-order chi connectivity index (χ1) is 12.7. The van der Waals surface area contributed by atoms with Gasteiger partial charge in [-0.3, -0.25) is 9.78 Å². The van der Waals surface area contributed by atoms with Crippen LogP contribution in [0.4, 0.5) is 0 Å². The highest BCUT2D eigenvalue weighted by molar-refractivity contribution is 6.31. The van der Waals surface area contributed by atoms with Gasteiger partial charge in [0.05, 0.1) is 18.4 Å². The SMILES string of the molecule is COc1ccc(Cl)cc1C(=O)NCCc1ccc(-c2ccccn2)cc1. The second-order valence-electron chi connectivity index (χ2n) is 5.76. The van der Waals surface area contributed by atoms with Crippen LogP contribution in [0.25, 0.3) is 11.3 Å². The summed E-state index contributed by atoms with van der Waals surface area (Å²) in [6, 6.07) is 19.0. The third-order valence-electron chi connectivity index (χ3n) is 4.02. The maximum Gasteiger partial charge on any atom is 0.255 e. The monoisotopic (exact) mass is 366 g/mol. The molecule has 26 heavy (non-hydrogen) atoms. The average Bonchev–Trinajstić information content (AvgIpc) is 2.69. The molecule has 0 spiro atoms. The number of nitrogens with zero attached hydrogens (tertiary/aromatic N) is 1. The molecule has 1 amide bonds. The predicted octanol–water partition coefficient (Wildman–Crippen LogP) is 4.38. The largest absolute Gasteiger partial charge is 0.496 e. The molecule has 2 aromatic carbocycles. The van der Waals surface area contributed by atoms with Gasteiger partial charge >= 0.3 is 0 Å². The van der Waals surface area contributed by atoms with Gasteiger partial charge in [0.1, 0.15) is 5.75 Å². The van der Waals surface area contributed by atoms with Crippen molar-refractivity contribution < 1.29 is 9.53 Å². The summed E-state index contributed by atoms with van der Waals surface area (Å²) in [5, 5.41) is 3.41. The number of hydrogen-bond donors (Lipinski definition) is 1. The number of halogens is 1. The maximum atomic E-state index is 12.3. The summed E-state index contributed by atoms with van der Waals surface area (Å²) in [6.45, 7) is 0.525. The number of ether oxygens (including phenoxy) is 1. The molecule has 4 nitrogen and oxygen atoms in total. The van der Waals surface area contributed by atoms with E-state index in [1.807, 2.05) is 30.3 Å². The zero-order chi connectivity index (χ0) is 18.4. The number of amides is 1. The lowest BCUT2D eigenvalue weighted by Gasteiger charge is -2.10. The number of methoxy groups -OCH3 is 1. The fourth-order valence-electron chi connectivity index (χ4n) is 2.65. The molecule has 132 valence electrons. The zero-order valence-electron chi connectivity index (χ0n) is 14.4. The van der Waals surface area contributed by atoms with Crippen LogP contribution in [0.1, 0.15) is 15.9 Å². The van der Waals surface area contributed by atoms with Crippen molar-refractivity contribution in [2.75, 3.05) is 13.7 Å². The van der Waals surface area contributed by atoms with E-state index in [2.05, 4.69) is 22.4 Å². The first-order valence-electron chi connectivity index (χ1n) is 8.29. The van der Waals surface area contributed by atoms with Crippen LogP contribution in [-0.2, 0) is 6.42 Å². The highest BCUT2D eigenvalue weighted by Crippen LogP contribution is 2.22. The quantitative estimate of drug-likeness (QED) is 0.704. The van der Waals surface area contributed by atoms with Crippen LogP contribution in [-0.4, -0.2) is 24.5 Å². The first-order valence-corrected chi connectivity index (χ1v) is 8.67. The summed E-state index contributed by atoms with van der Waals surface area (Å²) in [5.41, 5.74) is 3.59. The normalized spacial score (nSPS) is 10.4. The Balaban J connectivity index is 1.58. The number of carbonyl (C=O) groups is 1. The van der Waals surface area contributed by atoms with Crippen LogP contribution in [0.5, 0.6) is 5.75 Å². The molecule has 1 N–H and O–H groups in total. The smallest absolute Gasteiger partial charge is 0.255 e. The van der Waals surface area contributed by atoms with Crippen LogP contribution in [0, 0.1) is 0 Å². The van der Waals surface area contributed by atoms with Gasteiger partial charge in [-0.15, -0.1) is 0 Å². The summed E-state index contributed by atoms with van der Waals surface area (Å²) in [7, 11) is 1.53. The molecule has 3 rings (SSSR count).